The zero-order valence-corrected chi connectivity index (χ0v) is 22.9. The Kier molecular flexibility index (Phi) is 7.52. The predicted octanol–water partition coefficient (Wildman–Crippen LogP) is 4.55. The molecule has 0 radical (unpaired) electrons. The highest BCUT2D eigenvalue weighted by molar-refractivity contribution is 6.05. The van der Waals surface area contributed by atoms with E-state index in [0.717, 1.165) is 65.7 Å². The lowest BCUT2D eigenvalue weighted by Gasteiger charge is -2.30. The summed E-state index contributed by atoms with van der Waals surface area (Å²) in [6, 6.07) is 7.90. The number of nitrogens with zero attached hydrogens (tertiary/aromatic N) is 4. The van der Waals surface area contributed by atoms with E-state index < -0.39 is 0 Å². The van der Waals surface area contributed by atoms with E-state index in [2.05, 4.69) is 27.9 Å². The highest BCUT2D eigenvalue weighted by atomic mass is 16.5. The number of aryl methyl sites for hydroxylation is 1. The van der Waals surface area contributed by atoms with Gasteiger partial charge in [-0.05, 0) is 62.3 Å². The van der Waals surface area contributed by atoms with Crippen LogP contribution in [0.25, 0.3) is 27.9 Å². The van der Waals surface area contributed by atoms with Crippen molar-refractivity contribution >= 4 is 39.9 Å². The number of fused-ring (bicyclic) bond motifs is 1. The number of carbonyl (C=O) groups excluding carboxylic acids is 2. The highest BCUT2D eigenvalue weighted by Crippen LogP contribution is 2.43. The number of nitrogens with two attached hydrogens (primary N) is 1. The summed E-state index contributed by atoms with van der Waals surface area (Å²) in [5.41, 5.74) is 12.4. The maximum absolute atomic E-state index is 13.4. The Bertz CT molecular complexity index is 1460. The number of hydrogen-bond acceptors (Lipinski definition) is 6. The molecule has 204 valence electrons. The first-order valence-corrected chi connectivity index (χ1v) is 13.4. The van der Waals surface area contributed by atoms with Crippen LogP contribution in [0.5, 0.6) is 0 Å². The molecule has 2 atom stereocenters. The summed E-state index contributed by atoms with van der Waals surface area (Å²) < 4.78 is 7.40. The molecule has 0 bridgehead atoms. The van der Waals surface area contributed by atoms with E-state index in [4.69, 9.17) is 10.5 Å². The molecule has 0 unspecified atom stereocenters. The van der Waals surface area contributed by atoms with Gasteiger partial charge >= 0.3 is 0 Å². The predicted molar refractivity (Wildman–Crippen MR) is 154 cm³/mol. The Morgan fingerprint density at radius 1 is 1.21 bits per heavy atom. The molecule has 1 aliphatic carbocycles. The molecule has 2 amide bonds. The van der Waals surface area contributed by atoms with Gasteiger partial charge in [0.25, 0.3) is 5.91 Å². The van der Waals surface area contributed by atoms with Gasteiger partial charge in [-0.15, -0.1) is 0 Å². The van der Waals surface area contributed by atoms with Gasteiger partial charge in [0.05, 0.1) is 23.7 Å². The van der Waals surface area contributed by atoms with E-state index in [-0.39, 0.29) is 23.8 Å². The first kappa shape index (κ1) is 26.6. The van der Waals surface area contributed by atoms with E-state index >= 15 is 0 Å². The van der Waals surface area contributed by atoms with Crippen LogP contribution in [0.3, 0.4) is 0 Å². The number of amides is 2. The fourth-order valence-electron chi connectivity index (χ4n) is 5.89. The number of allylic oxidation sites excluding steroid dienone is 2. The van der Waals surface area contributed by atoms with Crippen LogP contribution >= 0.6 is 0 Å². The maximum atomic E-state index is 13.4. The standard InChI is InChI=1S/C30H36N6O3/c1-18(2)29(37)34-22-13-11-20(12-14-22)26-24(25-27(31)32-17-33-28(25)35(26)3)19-7-9-21(10-8-19)30(38)36-15-5-6-23(36)16-39-4/h7,11-14,17,21,23H,1,5-6,8-10,15-16H2,2-4H3,(H,34,37)(H2,31,32,33)/t21-,23+/m1/s1. The van der Waals surface area contributed by atoms with E-state index in [9.17, 15) is 9.59 Å². The largest absolute Gasteiger partial charge is 0.383 e. The zero-order chi connectivity index (χ0) is 27.7. The molecule has 3 N–H and O–H groups in total. The Morgan fingerprint density at radius 3 is 2.64 bits per heavy atom. The third kappa shape index (κ3) is 5.06. The summed E-state index contributed by atoms with van der Waals surface area (Å²) in [7, 11) is 3.67. The van der Waals surface area contributed by atoms with Gasteiger partial charge in [0.15, 0.2) is 0 Å². The van der Waals surface area contributed by atoms with Crippen molar-refractivity contribution in [1.82, 2.24) is 19.4 Å². The van der Waals surface area contributed by atoms with Gasteiger partial charge in [-0.3, -0.25) is 9.59 Å². The van der Waals surface area contributed by atoms with Crippen molar-refractivity contribution in [2.24, 2.45) is 13.0 Å². The van der Waals surface area contributed by atoms with Crippen molar-refractivity contribution in [2.45, 2.75) is 45.1 Å². The number of methoxy groups -OCH3 is 1. The molecule has 1 fully saturated rings. The van der Waals surface area contributed by atoms with Crippen molar-refractivity contribution in [3.05, 3.63) is 54.4 Å². The van der Waals surface area contributed by atoms with Crippen LogP contribution in [0, 0.1) is 5.92 Å². The van der Waals surface area contributed by atoms with Crippen molar-refractivity contribution in [2.75, 3.05) is 31.3 Å². The lowest BCUT2D eigenvalue weighted by Crippen LogP contribution is -2.42. The second kappa shape index (κ2) is 11.0. The summed E-state index contributed by atoms with van der Waals surface area (Å²) in [6.45, 7) is 6.78. The molecule has 1 aliphatic heterocycles. The average molecular weight is 529 g/mol. The number of aromatic nitrogens is 3. The summed E-state index contributed by atoms with van der Waals surface area (Å²) in [5.74, 6) is 0.420. The molecular weight excluding hydrogens is 492 g/mol. The van der Waals surface area contributed by atoms with E-state index in [1.807, 2.05) is 40.8 Å². The van der Waals surface area contributed by atoms with Crippen LogP contribution in [-0.2, 0) is 21.4 Å². The second-order valence-corrected chi connectivity index (χ2v) is 10.5. The first-order valence-electron chi connectivity index (χ1n) is 13.4. The van der Waals surface area contributed by atoms with Gasteiger partial charge < -0.3 is 25.3 Å². The highest BCUT2D eigenvalue weighted by Gasteiger charge is 2.34. The molecule has 1 aromatic carbocycles. The molecule has 1 saturated heterocycles. The monoisotopic (exact) mass is 528 g/mol. The summed E-state index contributed by atoms with van der Waals surface area (Å²) >= 11 is 0. The Labute approximate surface area is 228 Å². The fraction of sp³-hybridized carbons (Fsp3) is 0.400. The smallest absolute Gasteiger partial charge is 0.250 e. The molecule has 3 heterocycles. The number of ether oxygens (including phenoxy) is 1. The Hall–Kier alpha value is -3.98. The third-order valence-corrected chi connectivity index (χ3v) is 7.90. The van der Waals surface area contributed by atoms with Crippen LogP contribution in [0.2, 0.25) is 0 Å². The zero-order valence-electron chi connectivity index (χ0n) is 22.9. The molecule has 2 aliphatic rings. The molecule has 9 nitrogen and oxygen atoms in total. The Balaban J connectivity index is 1.48. The molecule has 39 heavy (non-hydrogen) atoms. The number of nitrogen functional groups attached to an aromatic ring is 1. The quantitative estimate of drug-likeness (QED) is 0.435. The number of benzene rings is 1. The minimum absolute atomic E-state index is 0.0329. The lowest BCUT2D eigenvalue weighted by atomic mass is 9.84. The van der Waals surface area contributed by atoms with Crippen LogP contribution in [0.4, 0.5) is 11.5 Å². The minimum Gasteiger partial charge on any atom is -0.383 e. The minimum atomic E-state index is -0.213. The number of carbonyl (C=O) groups is 2. The van der Waals surface area contributed by atoms with Gasteiger partial charge in [-0.2, -0.15) is 0 Å². The van der Waals surface area contributed by atoms with Gasteiger partial charge in [-0.25, -0.2) is 9.97 Å². The molecule has 2 aromatic heterocycles. The summed E-state index contributed by atoms with van der Waals surface area (Å²) in [5, 5.41) is 3.68. The summed E-state index contributed by atoms with van der Waals surface area (Å²) in [6.07, 6.45) is 7.92. The van der Waals surface area contributed by atoms with Crippen molar-refractivity contribution in [3.63, 3.8) is 0 Å². The van der Waals surface area contributed by atoms with E-state index in [1.165, 1.54) is 6.33 Å². The van der Waals surface area contributed by atoms with Crippen LogP contribution in [0.15, 0.2) is 48.8 Å². The van der Waals surface area contributed by atoms with Crippen molar-refractivity contribution in [1.29, 1.82) is 0 Å². The number of nitrogens with one attached hydrogen (secondary N) is 1. The number of anilines is 2. The Morgan fingerprint density at radius 2 is 1.97 bits per heavy atom. The average Bonchev–Trinajstić information content (AvgIpc) is 3.52. The van der Waals surface area contributed by atoms with Crippen LogP contribution in [-0.4, -0.2) is 57.6 Å². The SMILES string of the molecule is C=C(C)C(=O)Nc1ccc(-c2c(C3=CC[C@@H](C(=O)N4CCC[C@H]4COC)CC3)c3c(N)ncnc3n2C)cc1. The normalized spacial score (nSPS) is 19.3. The lowest BCUT2D eigenvalue weighted by molar-refractivity contribution is -0.137. The third-order valence-electron chi connectivity index (χ3n) is 7.90. The van der Waals surface area contributed by atoms with Crippen LogP contribution in [0.1, 0.15) is 44.6 Å². The van der Waals surface area contributed by atoms with Gasteiger partial charge in [0.1, 0.15) is 17.8 Å². The molecular formula is C30H36N6O3. The second-order valence-electron chi connectivity index (χ2n) is 10.5. The van der Waals surface area contributed by atoms with Crippen molar-refractivity contribution < 1.29 is 14.3 Å². The maximum Gasteiger partial charge on any atom is 0.250 e. The van der Waals surface area contributed by atoms with Gasteiger partial charge in [-0.1, -0.05) is 24.8 Å². The number of hydrogen-bond donors (Lipinski definition) is 2. The molecule has 5 rings (SSSR count). The molecule has 0 saturated carbocycles. The molecule has 3 aromatic rings. The first-order chi connectivity index (χ1) is 18.8. The van der Waals surface area contributed by atoms with Crippen molar-refractivity contribution in [3.8, 4) is 11.3 Å². The van der Waals surface area contributed by atoms with Crippen LogP contribution < -0.4 is 11.1 Å². The molecule has 0 spiro atoms. The topological polar surface area (TPSA) is 115 Å². The fourth-order valence-corrected chi connectivity index (χ4v) is 5.89. The van der Waals surface area contributed by atoms with Gasteiger partial charge in [0, 0.05) is 43.4 Å². The van der Waals surface area contributed by atoms with E-state index in [1.54, 1.807) is 14.0 Å². The van der Waals surface area contributed by atoms with E-state index in [0.29, 0.717) is 30.1 Å². The molecule has 9 heteroatoms. The summed E-state index contributed by atoms with van der Waals surface area (Å²) in [4.78, 5) is 36.3. The van der Waals surface area contributed by atoms with Gasteiger partial charge in [0.2, 0.25) is 5.91 Å². The number of likely N-dealkylation sites (tertiary alicyclic amines) is 1. The number of rotatable bonds is 7.